The van der Waals surface area contributed by atoms with E-state index < -0.39 is 0 Å². The lowest BCUT2D eigenvalue weighted by Crippen LogP contribution is -2.46. The molecule has 0 spiro atoms. The highest BCUT2D eigenvalue weighted by Crippen LogP contribution is 2.41. The van der Waals surface area contributed by atoms with Crippen LogP contribution in [0.15, 0.2) is 59.1 Å². The molecule has 0 unspecified atom stereocenters. The summed E-state index contributed by atoms with van der Waals surface area (Å²) < 4.78 is 1.07. The number of Topliss-reactive ketones (excluding diaryl/α,β-unsaturated/α-hetero) is 1. The monoisotopic (exact) mass is 329 g/mol. The van der Waals surface area contributed by atoms with E-state index >= 15 is 0 Å². The van der Waals surface area contributed by atoms with Gasteiger partial charge in [-0.2, -0.15) is 0 Å². The minimum absolute atomic E-state index is 0.0480. The molecule has 2 nitrogen and oxygen atoms in total. The molecule has 0 heterocycles. The first-order valence-corrected chi connectivity index (χ1v) is 7.54. The van der Waals surface area contributed by atoms with Crippen LogP contribution in [0.4, 0.5) is 5.69 Å². The normalized spacial score (nSPS) is 16.6. The van der Waals surface area contributed by atoms with Crippen LogP contribution in [0.2, 0.25) is 0 Å². The van der Waals surface area contributed by atoms with Crippen molar-refractivity contribution in [2.45, 2.75) is 18.3 Å². The van der Waals surface area contributed by atoms with Crippen molar-refractivity contribution in [3.63, 3.8) is 0 Å². The molecular formula is C17H16BrNO. The van der Waals surface area contributed by atoms with Crippen LogP contribution in [0.5, 0.6) is 0 Å². The van der Waals surface area contributed by atoms with Gasteiger partial charge in [-0.1, -0.05) is 46.3 Å². The lowest BCUT2D eigenvalue weighted by Gasteiger charge is -2.41. The third-order valence-corrected chi connectivity index (χ3v) is 4.46. The molecule has 0 aromatic heterocycles. The van der Waals surface area contributed by atoms with E-state index in [1.54, 1.807) is 0 Å². The number of benzene rings is 2. The van der Waals surface area contributed by atoms with Gasteiger partial charge in [0.1, 0.15) is 5.78 Å². The van der Waals surface area contributed by atoms with Crippen molar-refractivity contribution in [2.24, 2.45) is 0 Å². The summed E-state index contributed by atoms with van der Waals surface area (Å²) in [4.78, 5) is 11.5. The van der Waals surface area contributed by atoms with E-state index in [2.05, 4.69) is 45.5 Å². The average Bonchev–Trinajstić information content (AvgIpc) is 2.44. The first kappa shape index (κ1) is 13.4. The minimum Gasteiger partial charge on any atom is -0.384 e. The van der Waals surface area contributed by atoms with Gasteiger partial charge in [-0.25, -0.2) is 0 Å². The molecule has 0 aliphatic heterocycles. The van der Waals surface area contributed by atoms with Crippen molar-refractivity contribution in [3.8, 4) is 0 Å². The Labute approximate surface area is 127 Å². The number of anilines is 1. The van der Waals surface area contributed by atoms with E-state index in [0.717, 1.165) is 16.7 Å². The van der Waals surface area contributed by atoms with Gasteiger partial charge in [0.25, 0.3) is 0 Å². The fourth-order valence-electron chi connectivity index (χ4n) is 2.76. The van der Waals surface area contributed by atoms with E-state index in [1.807, 2.05) is 30.3 Å². The molecule has 0 saturated heterocycles. The second-order valence-corrected chi connectivity index (χ2v) is 6.31. The van der Waals surface area contributed by atoms with Crippen LogP contribution in [0.25, 0.3) is 0 Å². The summed E-state index contributed by atoms with van der Waals surface area (Å²) in [5.41, 5.74) is 2.29. The van der Waals surface area contributed by atoms with Crippen LogP contribution in [0, 0.1) is 0 Å². The largest absolute Gasteiger partial charge is 0.384 e. The predicted molar refractivity (Wildman–Crippen MR) is 85.0 cm³/mol. The molecule has 3 heteroatoms. The summed E-state index contributed by atoms with van der Waals surface area (Å²) in [6, 6.07) is 18.5. The molecular weight excluding hydrogens is 314 g/mol. The van der Waals surface area contributed by atoms with Crippen LogP contribution in [0.1, 0.15) is 18.4 Å². The number of hydrogen-bond acceptors (Lipinski definition) is 2. The Morgan fingerprint density at radius 2 is 1.65 bits per heavy atom. The van der Waals surface area contributed by atoms with Gasteiger partial charge in [-0.3, -0.25) is 4.79 Å². The summed E-state index contributed by atoms with van der Waals surface area (Å²) in [7, 11) is 0. The molecule has 0 atom stereocenters. The fraction of sp³-hybridized carbons (Fsp3) is 0.235. The van der Waals surface area contributed by atoms with Crippen LogP contribution in [-0.2, 0) is 10.2 Å². The maximum Gasteiger partial charge on any atom is 0.134 e. The summed E-state index contributed by atoms with van der Waals surface area (Å²) >= 11 is 3.46. The van der Waals surface area contributed by atoms with Gasteiger partial charge >= 0.3 is 0 Å². The van der Waals surface area contributed by atoms with Crippen LogP contribution in [0.3, 0.4) is 0 Å². The number of para-hydroxylation sites is 1. The number of rotatable bonds is 4. The van der Waals surface area contributed by atoms with E-state index in [9.17, 15) is 4.79 Å². The zero-order valence-electron chi connectivity index (χ0n) is 11.1. The van der Waals surface area contributed by atoms with Gasteiger partial charge < -0.3 is 5.32 Å². The highest BCUT2D eigenvalue weighted by molar-refractivity contribution is 9.10. The maximum atomic E-state index is 11.5. The predicted octanol–water partition coefficient (Wildman–Crippen LogP) is 4.16. The highest BCUT2D eigenvalue weighted by Gasteiger charge is 2.44. The molecule has 0 bridgehead atoms. The standard InChI is InChI=1S/C17H16BrNO/c18-14-8-6-13(7-9-14)17(10-16(20)11-17)12-19-15-4-2-1-3-5-15/h1-9,19H,10-12H2. The molecule has 1 aliphatic rings. The molecule has 0 amide bonds. The molecule has 1 N–H and O–H groups in total. The van der Waals surface area contributed by atoms with Crippen molar-refractivity contribution < 1.29 is 4.79 Å². The molecule has 20 heavy (non-hydrogen) atoms. The SMILES string of the molecule is O=C1CC(CNc2ccccc2)(c2ccc(Br)cc2)C1. The van der Waals surface area contributed by atoms with Gasteiger partial charge in [0, 0.05) is 35.0 Å². The Hall–Kier alpha value is -1.61. The molecule has 102 valence electrons. The van der Waals surface area contributed by atoms with Crippen molar-refractivity contribution in [2.75, 3.05) is 11.9 Å². The number of halogens is 1. The smallest absolute Gasteiger partial charge is 0.134 e. The minimum atomic E-state index is -0.0480. The van der Waals surface area contributed by atoms with Crippen molar-refractivity contribution in [1.82, 2.24) is 0 Å². The topological polar surface area (TPSA) is 29.1 Å². The number of nitrogens with one attached hydrogen (secondary N) is 1. The van der Waals surface area contributed by atoms with Crippen LogP contribution >= 0.6 is 15.9 Å². The lowest BCUT2D eigenvalue weighted by molar-refractivity contribution is -0.128. The number of carbonyl (C=O) groups is 1. The summed E-state index contributed by atoms with van der Waals surface area (Å²) in [5.74, 6) is 0.350. The average molecular weight is 330 g/mol. The lowest BCUT2D eigenvalue weighted by atomic mass is 9.63. The fourth-order valence-corrected chi connectivity index (χ4v) is 3.03. The van der Waals surface area contributed by atoms with E-state index in [1.165, 1.54) is 5.56 Å². The van der Waals surface area contributed by atoms with E-state index in [0.29, 0.717) is 18.6 Å². The van der Waals surface area contributed by atoms with Gasteiger partial charge in [-0.05, 0) is 29.8 Å². The Balaban J connectivity index is 1.78. The van der Waals surface area contributed by atoms with Crippen LogP contribution < -0.4 is 5.32 Å². The molecule has 2 aromatic rings. The van der Waals surface area contributed by atoms with E-state index in [4.69, 9.17) is 0 Å². The van der Waals surface area contributed by atoms with E-state index in [-0.39, 0.29) is 5.41 Å². The summed E-state index contributed by atoms with van der Waals surface area (Å²) in [6.07, 6.45) is 1.27. The molecule has 3 rings (SSSR count). The zero-order valence-corrected chi connectivity index (χ0v) is 12.7. The molecule has 0 radical (unpaired) electrons. The third-order valence-electron chi connectivity index (χ3n) is 3.93. The molecule has 2 aromatic carbocycles. The number of carbonyl (C=O) groups excluding carboxylic acids is 1. The first-order chi connectivity index (χ1) is 9.68. The second-order valence-electron chi connectivity index (χ2n) is 5.40. The Kier molecular flexibility index (Phi) is 3.62. The number of hydrogen-bond donors (Lipinski definition) is 1. The van der Waals surface area contributed by atoms with Gasteiger partial charge in [-0.15, -0.1) is 0 Å². The molecule has 1 fully saturated rings. The molecule has 1 aliphatic carbocycles. The number of ketones is 1. The van der Waals surface area contributed by atoms with Gasteiger partial charge in [0.05, 0.1) is 0 Å². The van der Waals surface area contributed by atoms with Gasteiger partial charge in [0.2, 0.25) is 0 Å². The Bertz CT molecular complexity index is 599. The highest BCUT2D eigenvalue weighted by atomic mass is 79.9. The Morgan fingerprint density at radius 3 is 2.25 bits per heavy atom. The quantitative estimate of drug-likeness (QED) is 0.912. The summed E-state index contributed by atoms with van der Waals surface area (Å²) in [6.45, 7) is 0.796. The second kappa shape index (κ2) is 5.41. The van der Waals surface area contributed by atoms with Gasteiger partial charge in [0.15, 0.2) is 0 Å². The molecule has 1 saturated carbocycles. The first-order valence-electron chi connectivity index (χ1n) is 6.75. The van der Waals surface area contributed by atoms with Crippen molar-refractivity contribution >= 4 is 27.4 Å². The maximum absolute atomic E-state index is 11.5. The van der Waals surface area contributed by atoms with Crippen molar-refractivity contribution in [3.05, 3.63) is 64.6 Å². The third kappa shape index (κ3) is 2.63. The summed E-state index contributed by atoms with van der Waals surface area (Å²) in [5, 5.41) is 3.46. The van der Waals surface area contributed by atoms with Crippen LogP contribution in [-0.4, -0.2) is 12.3 Å². The van der Waals surface area contributed by atoms with Crippen molar-refractivity contribution in [1.29, 1.82) is 0 Å². The Morgan fingerprint density at radius 1 is 1.00 bits per heavy atom. The zero-order chi connectivity index (χ0) is 14.0.